The lowest BCUT2D eigenvalue weighted by Crippen LogP contribution is -2.34. The molecule has 0 spiro atoms. The van der Waals surface area contributed by atoms with Crippen LogP contribution < -0.4 is 16.4 Å². The second-order valence-electron chi connectivity index (χ2n) is 12.3. The summed E-state index contributed by atoms with van der Waals surface area (Å²) in [4.78, 5) is 29.7. The van der Waals surface area contributed by atoms with E-state index >= 15 is 0 Å². The van der Waals surface area contributed by atoms with Crippen molar-refractivity contribution in [3.8, 4) is 11.3 Å². The van der Waals surface area contributed by atoms with E-state index in [4.69, 9.17) is 4.74 Å². The Labute approximate surface area is 262 Å². The van der Waals surface area contributed by atoms with Crippen molar-refractivity contribution in [3.05, 3.63) is 86.8 Å². The largest absolute Gasteiger partial charge is 0.423 e. The lowest BCUT2D eigenvalue weighted by atomic mass is 10.1. The molecule has 4 rings (SSSR count). The molecular weight excluding hydrogens is 632 g/mol. The summed E-state index contributed by atoms with van der Waals surface area (Å²) in [5.41, 5.74) is -3.34. The number of hydrogen-bond donors (Lipinski definition) is 1. The Morgan fingerprint density at radius 2 is 1.70 bits per heavy atom. The SMILES string of the molecule is CC(CCCn1ccc2cc(-c3ccc(C(F)(F)F)cn3)ccc2c1=O)Nc1cnn(COCC[Si](C)(C)C)c(=O)c1C(F)(F)F. The molecule has 0 bridgehead atoms. The summed E-state index contributed by atoms with van der Waals surface area (Å²) in [7, 11) is -1.42. The number of benzene rings is 1. The average Bonchev–Trinajstić information content (AvgIpc) is 2.95. The maximum Gasteiger partial charge on any atom is 0.423 e. The lowest BCUT2D eigenvalue weighted by Gasteiger charge is -2.20. The van der Waals surface area contributed by atoms with Crippen molar-refractivity contribution < 1.29 is 31.1 Å². The van der Waals surface area contributed by atoms with Crippen LogP contribution in [0.15, 0.2) is 64.6 Å². The van der Waals surface area contributed by atoms with E-state index in [-0.39, 0.29) is 18.8 Å². The number of aryl methyl sites for hydroxylation is 1. The van der Waals surface area contributed by atoms with E-state index in [1.54, 1.807) is 37.4 Å². The number of nitrogens with zero attached hydrogens (tertiary/aromatic N) is 4. The first-order valence-corrected chi connectivity index (χ1v) is 18.3. The second-order valence-corrected chi connectivity index (χ2v) is 17.9. The third kappa shape index (κ3) is 8.84. The third-order valence-electron chi connectivity index (χ3n) is 7.34. The Hall–Kier alpha value is -3.98. The van der Waals surface area contributed by atoms with Crippen LogP contribution in [0.1, 0.15) is 30.9 Å². The molecule has 46 heavy (non-hydrogen) atoms. The van der Waals surface area contributed by atoms with E-state index in [0.29, 0.717) is 46.2 Å². The van der Waals surface area contributed by atoms with Gasteiger partial charge < -0.3 is 14.6 Å². The number of rotatable bonds is 12. The van der Waals surface area contributed by atoms with E-state index in [1.165, 1.54) is 10.6 Å². The number of alkyl halides is 6. The van der Waals surface area contributed by atoms with Gasteiger partial charge in [-0.05, 0) is 61.5 Å². The molecule has 0 amide bonds. The highest BCUT2D eigenvalue weighted by atomic mass is 28.3. The Bertz CT molecular complexity index is 1780. The molecule has 3 heterocycles. The first kappa shape index (κ1) is 34.9. The smallest absolute Gasteiger partial charge is 0.381 e. The molecule has 1 N–H and O–H groups in total. The van der Waals surface area contributed by atoms with Gasteiger partial charge in [0.25, 0.3) is 11.1 Å². The van der Waals surface area contributed by atoms with Crippen LogP contribution in [0.3, 0.4) is 0 Å². The molecule has 0 fully saturated rings. The van der Waals surface area contributed by atoms with Crippen molar-refractivity contribution >= 4 is 24.5 Å². The van der Waals surface area contributed by atoms with E-state index in [0.717, 1.165) is 24.5 Å². The number of ether oxygens (including phenoxy) is 1. The van der Waals surface area contributed by atoms with Gasteiger partial charge in [0.1, 0.15) is 12.3 Å². The Balaban J connectivity index is 1.40. The predicted molar refractivity (Wildman–Crippen MR) is 166 cm³/mol. The zero-order valence-corrected chi connectivity index (χ0v) is 26.8. The summed E-state index contributed by atoms with van der Waals surface area (Å²) in [6.07, 6.45) is -5.28. The van der Waals surface area contributed by atoms with Gasteiger partial charge in [0.15, 0.2) is 0 Å². The lowest BCUT2D eigenvalue weighted by molar-refractivity contribution is -0.139. The first-order valence-electron chi connectivity index (χ1n) is 14.6. The average molecular weight is 668 g/mol. The van der Waals surface area contributed by atoms with Gasteiger partial charge in [-0.3, -0.25) is 14.6 Å². The molecule has 1 atom stereocenters. The monoisotopic (exact) mass is 667 g/mol. The van der Waals surface area contributed by atoms with Crippen molar-refractivity contribution in [2.75, 3.05) is 11.9 Å². The number of halogens is 6. The van der Waals surface area contributed by atoms with Gasteiger partial charge in [-0.25, -0.2) is 4.68 Å². The van der Waals surface area contributed by atoms with Crippen molar-refractivity contribution in [3.63, 3.8) is 0 Å². The summed E-state index contributed by atoms with van der Waals surface area (Å²) in [6.45, 7) is 8.30. The maximum absolute atomic E-state index is 13.9. The molecule has 248 valence electrons. The molecule has 0 saturated carbocycles. The zero-order chi connectivity index (χ0) is 33.9. The number of hydrogen-bond acceptors (Lipinski definition) is 6. The van der Waals surface area contributed by atoms with Crippen molar-refractivity contribution in [1.82, 2.24) is 19.3 Å². The van der Waals surface area contributed by atoms with Gasteiger partial charge in [-0.2, -0.15) is 31.4 Å². The van der Waals surface area contributed by atoms with Crippen molar-refractivity contribution in [2.24, 2.45) is 0 Å². The van der Waals surface area contributed by atoms with Gasteiger partial charge in [-0.1, -0.05) is 25.7 Å². The highest BCUT2D eigenvalue weighted by Gasteiger charge is 2.38. The number of fused-ring (bicyclic) bond motifs is 1. The summed E-state index contributed by atoms with van der Waals surface area (Å²) < 4.78 is 87.9. The Morgan fingerprint density at radius 1 is 0.957 bits per heavy atom. The number of pyridine rings is 2. The van der Waals surface area contributed by atoms with Crippen LogP contribution in [0.5, 0.6) is 0 Å². The van der Waals surface area contributed by atoms with Crippen LogP contribution in [0.25, 0.3) is 22.0 Å². The molecule has 0 aliphatic carbocycles. The molecule has 0 aliphatic heterocycles. The van der Waals surface area contributed by atoms with Crippen LogP contribution in [0, 0.1) is 0 Å². The van der Waals surface area contributed by atoms with Gasteiger partial charge in [-0.15, -0.1) is 0 Å². The summed E-state index contributed by atoms with van der Waals surface area (Å²) in [6, 6.07) is 9.08. The highest BCUT2D eigenvalue weighted by molar-refractivity contribution is 6.76. The van der Waals surface area contributed by atoms with E-state index < -0.39 is 48.8 Å². The molecule has 15 heteroatoms. The molecular formula is C31H35F6N5O3Si. The Morgan fingerprint density at radius 3 is 2.33 bits per heavy atom. The number of aromatic nitrogens is 4. The highest BCUT2D eigenvalue weighted by Crippen LogP contribution is 2.33. The first-order chi connectivity index (χ1) is 21.4. The molecule has 4 aromatic rings. The predicted octanol–water partition coefficient (Wildman–Crippen LogP) is 7.25. The molecule has 0 radical (unpaired) electrons. The fourth-order valence-electron chi connectivity index (χ4n) is 4.75. The molecule has 3 aromatic heterocycles. The molecule has 8 nitrogen and oxygen atoms in total. The zero-order valence-electron chi connectivity index (χ0n) is 25.8. The van der Waals surface area contributed by atoms with Crippen LogP contribution in [0.4, 0.5) is 32.0 Å². The topological polar surface area (TPSA) is 91.0 Å². The van der Waals surface area contributed by atoms with Crippen LogP contribution in [-0.2, 0) is 30.4 Å². The number of anilines is 1. The summed E-state index contributed by atoms with van der Waals surface area (Å²) >= 11 is 0. The normalized spacial score (nSPS) is 13.3. The second kappa shape index (κ2) is 13.8. The minimum absolute atomic E-state index is 0.281. The number of nitrogens with one attached hydrogen (secondary N) is 1. The van der Waals surface area contributed by atoms with Gasteiger partial charge in [0.05, 0.1) is 23.1 Å². The van der Waals surface area contributed by atoms with Gasteiger partial charge >= 0.3 is 12.4 Å². The summed E-state index contributed by atoms with van der Waals surface area (Å²) in [5, 5.41) is 7.61. The van der Waals surface area contributed by atoms with E-state index in [9.17, 15) is 35.9 Å². The third-order valence-corrected chi connectivity index (χ3v) is 9.04. The quantitative estimate of drug-likeness (QED) is 0.0973. The molecule has 1 aromatic carbocycles. The molecule has 0 aliphatic rings. The van der Waals surface area contributed by atoms with E-state index in [1.807, 2.05) is 0 Å². The standard InChI is InChI=1S/C31H35F6N5O3Si/c1-20(40-26-18-39-42(19-45-14-15-46(2,3)4)29(44)27(26)31(35,36)37)6-5-12-41-13-11-21-16-22(7-9-24(21)28(41)43)25-10-8-23(17-38-25)30(32,33)34/h7-11,13,16-18,20,40H,5-6,12,14-15,19H2,1-4H3. The van der Waals surface area contributed by atoms with Crippen LogP contribution >= 0.6 is 0 Å². The van der Waals surface area contributed by atoms with Gasteiger partial charge in [0.2, 0.25) is 0 Å². The fraction of sp³-hybridized carbons (Fsp3) is 0.419. The van der Waals surface area contributed by atoms with Crippen molar-refractivity contribution in [1.29, 1.82) is 0 Å². The minimum atomic E-state index is -4.91. The molecule has 0 saturated heterocycles. The molecule has 1 unspecified atom stereocenters. The summed E-state index contributed by atoms with van der Waals surface area (Å²) in [5.74, 6) is 0. The van der Waals surface area contributed by atoms with E-state index in [2.05, 4.69) is 35.0 Å². The fourth-order valence-corrected chi connectivity index (χ4v) is 5.51. The van der Waals surface area contributed by atoms with Crippen molar-refractivity contribution in [2.45, 2.75) is 77.1 Å². The maximum atomic E-state index is 13.9. The minimum Gasteiger partial charge on any atom is -0.381 e. The Kier molecular flexibility index (Phi) is 10.5. The van der Waals surface area contributed by atoms with Crippen LogP contribution in [0.2, 0.25) is 25.7 Å². The van der Waals surface area contributed by atoms with Crippen LogP contribution in [-0.4, -0.2) is 40.1 Å². The van der Waals surface area contributed by atoms with Gasteiger partial charge in [0, 0.05) is 50.6 Å².